The number of hydrogen-bond acceptors (Lipinski definition) is 5. The van der Waals surface area contributed by atoms with E-state index in [4.69, 9.17) is 20.8 Å². The van der Waals surface area contributed by atoms with Gasteiger partial charge in [0, 0.05) is 34.8 Å². The SMILES string of the molecule is COC(=O)c1c(-c2ccc(Cl)cc2)oc(N(CCNC(C)(C)C)C(C)(C)C)c1-c1ccccc1. The zero-order chi connectivity index (χ0) is 25.1. The summed E-state index contributed by atoms with van der Waals surface area (Å²) in [5.41, 5.74) is 2.49. The van der Waals surface area contributed by atoms with Crippen molar-refractivity contribution in [2.24, 2.45) is 0 Å². The molecule has 1 heterocycles. The van der Waals surface area contributed by atoms with E-state index in [1.807, 2.05) is 42.5 Å². The Bertz CT molecular complexity index is 1110. The van der Waals surface area contributed by atoms with Crippen LogP contribution < -0.4 is 10.2 Å². The van der Waals surface area contributed by atoms with Crippen LogP contribution >= 0.6 is 11.6 Å². The van der Waals surface area contributed by atoms with Crippen LogP contribution in [0.25, 0.3) is 22.5 Å². The van der Waals surface area contributed by atoms with Gasteiger partial charge < -0.3 is 19.4 Å². The maximum Gasteiger partial charge on any atom is 0.342 e. The number of nitrogens with one attached hydrogen (secondary N) is 1. The molecule has 1 aromatic heterocycles. The first-order chi connectivity index (χ1) is 15.9. The first-order valence-corrected chi connectivity index (χ1v) is 11.9. The third-order valence-electron chi connectivity index (χ3n) is 5.49. The lowest BCUT2D eigenvalue weighted by molar-refractivity contribution is 0.0602. The molecule has 0 saturated heterocycles. The molecule has 0 radical (unpaired) electrons. The molecule has 182 valence electrons. The number of halogens is 1. The average molecular weight is 483 g/mol. The Balaban J connectivity index is 2.27. The number of furan rings is 1. The molecular formula is C28H35ClN2O3. The maximum absolute atomic E-state index is 13.2. The number of nitrogens with zero attached hydrogens (tertiary/aromatic N) is 1. The summed E-state index contributed by atoms with van der Waals surface area (Å²) in [6.07, 6.45) is 0. The van der Waals surface area contributed by atoms with E-state index < -0.39 is 5.97 Å². The van der Waals surface area contributed by atoms with Crippen molar-refractivity contribution in [3.05, 3.63) is 65.2 Å². The van der Waals surface area contributed by atoms with Gasteiger partial charge in [0.05, 0.1) is 12.7 Å². The molecule has 5 nitrogen and oxygen atoms in total. The molecule has 0 fully saturated rings. The molecule has 3 aromatic rings. The van der Waals surface area contributed by atoms with E-state index in [-0.39, 0.29) is 11.1 Å². The van der Waals surface area contributed by atoms with Crippen molar-refractivity contribution in [2.75, 3.05) is 25.1 Å². The molecule has 1 N–H and O–H groups in total. The van der Waals surface area contributed by atoms with E-state index in [0.717, 1.165) is 23.2 Å². The zero-order valence-electron chi connectivity index (χ0n) is 21.2. The average Bonchev–Trinajstić information content (AvgIpc) is 3.15. The Hall–Kier alpha value is -2.76. The molecule has 0 aliphatic heterocycles. The van der Waals surface area contributed by atoms with Crippen LogP contribution in [0.1, 0.15) is 51.9 Å². The monoisotopic (exact) mass is 482 g/mol. The quantitative estimate of drug-likeness (QED) is 0.366. The van der Waals surface area contributed by atoms with Gasteiger partial charge in [-0.05, 0) is 71.4 Å². The van der Waals surface area contributed by atoms with Crippen LogP contribution in [0.5, 0.6) is 0 Å². The van der Waals surface area contributed by atoms with Crippen LogP contribution in [-0.2, 0) is 4.74 Å². The highest BCUT2D eigenvalue weighted by atomic mass is 35.5. The molecule has 0 spiro atoms. The lowest BCUT2D eigenvalue weighted by Gasteiger charge is -2.37. The van der Waals surface area contributed by atoms with Gasteiger partial charge in [-0.2, -0.15) is 0 Å². The topological polar surface area (TPSA) is 54.7 Å². The van der Waals surface area contributed by atoms with Crippen LogP contribution in [0.2, 0.25) is 5.02 Å². The zero-order valence-corrected chi connectivity index (χ0v) is 21.9. The lowest BCUT2D eigenvalue weighted by Crippen LogP contribution is -2.48. The Labute approximate surface area is 208 Å². The predicted octanol–water partition coefficient (Wildman–Crippen LogP) is 7.05. The van der Waals surface area contributed by atoms with Gasteiger partial charge in [0.1, 0.15) is 5.56 Å². The molecule has 3 rings (SSSR count). The molecule has 0 aliphatic rings. The minimum atomic E-state index is -0.444. The van der Waals surface area contributed by atoms with Crippen molar-refractivity contribution in [2.45, 2.75) is 52.6 Å². The van der Waals surface area contributed by atoms with Gasteiger partial charge in [0.2, 0.25) is 5.88 Å². The van der Waals surface area contributed by atoms with Crippen molar-refractivity contribution < 1.29 is 13.9 Å². The Kier molecular flexibility index (Phi) is 7.79. The molecule has 0 bridgehead atoms. The van der Waals surface area contributed by atoms with E-state index >= 15 is 0 Å². The number of anilines is 1. The number of carbonyl (C=O) groups is 1. The van der Waals surface area contributed by atoms with Crippen molar-refractivity contribution >= 4 is 23.5 Å². The second-order valence-electron chi connectivity index (χ2n) is 10.4. The third kappa shape index (κ3) is 6.02. The number of carbonyl (C=O) groups excluding carboxylic acids is 1. The molecule has 0 unspecified atom stereocenters. The van der Waals surface area contributed by atoms with Gasteiger partial charge in [0.15, 0.2) is 5.76 Å². The van der Waals surface area contributed by atoms with Gasteiger partial charge in [-0.15, -0.1) is 0 Å². The lowest BCUT2D eigenvalue weighted by atomic mass is 9.97. The Morgan fingerprint density at radius 2 is 1.59 bits per heavy atom. The number of methoxy groups -OCH3 is 1. The van der Waals surface area contributed by atoms with Gasteiger partial charge in [0.25, 0.3) is 0 Å². The fourth-order valence-corrected chi connectivity index (χ4v) is 3.99. The summed E-state index contributed by atoms with van der Waals surface area (Å²) in [5, 5.41) is 4.17. The Morgan fingerprint density at radius 1 is 0.971 bits per heavy atom. The normalized spacial score (nSPS) is 12.0. The van der Waals surface area contributed by atoms with Crippen molar-refractivity contribution in [3.8, 4) is 22.5 Å². The summed E-state index contributed by atoms with van der Waals surface area (Å²) in [5.74, 6) is 0.663. The second kappa shape index (κ2) is 10.2. The van der Waals surface area contributed by atoms with Crippen molar-refractivity contribution in [3.63, 3.8) is 0 Å². The predicted molar refractivity (Wildman–Crippen MR) is 141 cm³/mol. The molecule has 0 amide bonds. The molecule has 0 aliphatic carbocycles. The summed E-state index contributed by atoms with van der Waals surface area (Å²) in [4.78, 5) is 15.4. The molecular weight excluding hydrogens is 448 g/mol. The van der Waals surface area contributed by atoms with Crippen LogP contribution in [0.3, 0.4) is 0 Å². The molecule has 6 heteroatoms. The first-order valence-electron chi connectivity index (χ1n) is 11.5. The minimum Gasteiger partial charge on any atom is -0.465 e. The smallest absolute Gasteiger partial charge is 0.342 e. The van der Waals surface area contributed by atoms with Crippen LogP contribution in [-0.4, -0.2) is 37.2 Å². The van der Waals surface area contributed by atoms with E-state index in [1.54, 1.807) is 12.1 Å². The third-order valence-corrected chi connectivity index (χ3v) is 5.75. The van der Waals surface area contributed by atoms with Crippen LogP contribution in [0, 0.1) is 0 Å². The Morgan fingerprint density at radius 3 is 2.12 bits per heavy atom. The summed E-state index contributed by atoms with van der Waals surface area (Å²) in [6, 6.07) is 17.1. The highest BCUT2D eigenvalue weighted by Crippen LogP contribution is 2.45. The number of benzene rings is 2. The summed E-state index contributed by atoms with van der Waals surface area (Å²) >= 11 is 6.13. The molecule has 0 saturated carbocycles. The first kappa shape index (κ1) is 25.9. The molecule has 2 aromatic carbocycles. The second-order valence-corrected chi connectivity index (χ2v) is 10.8. The van der Waals surface area contributed by atoms with E-state index in [2.05, 4.69) is 51.8 Å². The summed E-state index contributed by atoms with van der Waals surface area (Å²) in [7, 11) is 1.39. The van der Waals surface area contributed by atoms with Gasteiger partial charge in [-0.1, -0.05) is 41.9 Å². The minimum absolute atomic E-state index is 0.0133. The fourth-order valence-electron chi connectivity index (χ4n) is 3.87. The fraction of sp³-hybridized carbons (Fsp3) is 0.393. The number of ether oxygens (including phenoxy) is 1. The number of hydrogen-bond donors (Lipinski definition) is 1. The van der Waals surface area contributed by atoms with E-state index in [1.165, 1.54) is 7.11 Å². The summed E-state index contributed by atoms with van der Waals surface area (Å²) < 4.78 is 11.8. The molecule has 0 atom stereocenters. The van der Waals surface area contributed by atoms with Crippen molar-refractivity contribution in [1.82, 2.24) is 5.32 Å². The molecule has 34 heavy (non-hydrogen) atoms. The summed E-state index contributed by atoms with van der Waals surface area (Å²) in [6.45, 7) is 14.3. The van der Waals surface area contributed by atoms with Crippen LogP contribution in [0.15, 0.2) is 59.0 Å². The van der Waals surface area contributed by atoms with E-state index in [0.29, 0.717) is 28.8 Å². The number of rotatable bonds is 7. The highest BCUT2D eigenvalue weighted by Gasteiger charge is 2.34. The van der Waals surface area contributed by atoms with Gasteiger partial charge >= 0.3 is 5.97 Å². The maximum atomic E-state index is 13.2. The van der Waals surface area contributed by atoms with Gasteiger partial charge in [-0.3, -0.25) is 0 Å². The van der Waals surface area contributed by atoms with Crippen LogP contribution in [0.4, 0.5) is 5.88 Å². The largest absolute Gasteiger partial charge is 0.465 e. The highest BCUT2D eigenvalue weighted by molar-refractivity contribution is 6.30. The van der Waals surface area contributed by atoms with E-state index in [9.17, 15) is 4.79 Å². The number of esters is 1. The van der Waals surface area contributed by atoms with Gasteiger partial charge in [-0.25, -0.2) is 4.79 Å². The standard InChI is InChI=1S/C28H35ClN2O3/c1-27(2,3)30-17-18-31(28(4,5)6)25-22(19-11-9-8-10-12-19)23(26(32)33-7)24(34-25)20-13-15-21(29)16-14-20/h8-16,30H,17-18H2,1-7H3. The van der Waals surface area contributed by atoms with Crippen molar-refractivity contribution in [1.29, 1.82) is 0 Å².